The van der Waals surface area contributed by atoms with E-state index in [0.29, 0.717) is 19.8 Å². The largest absolute Gasteiger partial charge is 0.380 e. The van der Waals surface area contributed by atoms with Crippen molar-refractivity contribution in [2.75, 3.05) is 7.11 Å². The molecule has 0 aliphatic carbocycles. The van der Waals surface area contributed by atoms with Gasteiger partial charge in [-0.3, -0.25) is 4.84 Å². The second-order valence-corrected chi connectivity index (χ2v) is 4.81. The molecule has 2 aromatic rings. The van der Waals surface area contributed by atoms with Gasteiger partial charge in [0.05, 0.1) is 13.2 Å². The van der Waals surface area contributed by atoms with Gasteiger partial charge < -0.3 is 10.1 Å². The monoisotopic (exact) mass is 300 g/mol. The van der Waals surface area contributed by atoms with Crippen molar-refractivity contribution in [2.45, 2.75) is 19.8 Å². The Hall–Kier alpha value is -2.37. The number of ether oxygens (including phenoxy) is 1. The van der Waals surface area contributed by atoms with Gasteiger partial charge in [0.1, 0.15) is 0 Å². The number of hydrogen-bond donors (Lipinski definition) is 2. The number of methoxy groups -OCH3 is 1. The summed E-state index contributed by atoms with van der Waals surface area (Å²) in [5, 5.41) is 2.74. The van der Waals surface area contributed by atoms with E-state index in [1.54, 1.807) is 7.11 Å². The molecule has 0 saturated heterocycles. The molecule has 116 valence electrons. The fraction of sp³-hybridized carbons (Fsp3) is 0.235. The summed E-state index contributed by atoms with van der Waals surface area (Å²) in [4.78, 5) is 16.8. The van der Waals surface area contributed by atoms with E-state index in [-0.39, 0.29) is 6.03 Å². The molecule has 0 radical (unpaired) electrons. The van der Waals surface area contributed by atoms with Gasteiger partial charge in [-0.1, -0.05) is 54.6 Å². The van der Waals surface area contributed by atoms with E-state index in [9.17, 15) is 4.79 Å². The molecule has 0 saturated carbocycles. The number of hydroxylamine groups is 1. The molecule has 0 fully saturated rings. The van der Waals surface area contributed by atoms with Crippen LogP contribution in [0, 0.1) is 0 Å². The summed E-state index contributed by atoms with van der Waals surface area (Å²) in [6.07, 6.45) is 0. The minimum atomic E-state index is -0.368. The number of amides is 2. The standard InChI is InChI=1S/C17H20N2O3/c1-21-12-16-9-5-8-15(10-16)11-18-17(20)19-22-13-14-6-3-2-4-7-14/h2-10H,11-13H2,1H3,(H2,18,19,20). The van der Waals surface area contributed by atoms with E-state index in [1.807, 2.05) is 54.6 Å². The number of carbonyl (C=O) groups excluding carboxylic acids is 1. The number of rotatable bonds is 7. The van der Waals surface area contributed by atoms with Crippen LogP contribution in [0.1, 0.15) is 16.7 Å². The van der Waals surface area contributed by atoms with Crippen LogP contribution >= 0.6 is 0 Å². The van der Waals surface area contributed by atoms with Crippen molar-refractivity contribution in [3.05, 3.63) is 71.3 Å². The van der Waals surface area contributed by atoms with Gasteiger partial charge in [-0.2, -0.15) is 0 Å². The second kappa shape index (κ2) is 8.81. The average molecular weight is 300 g/mol. The van der Waals surface area contributed by atoms with Crippen molar-refractivity contribution < 1.29 is 14.4 Å². The summed E-state index contributed by atoms with van der Waals surface area (Å²) in [5.41, 5.74) is 5.44. The van der Waals surface area contributed by atoms with Gasteiger partial charge >= 0.3 is 6.03 Å². The van der Waals surface area contributed by atoms with Gasteiger partial charge in [-0.05, 0) is 16.7 Å². The lowest BCUT2D eigenvalue weighted by atomic mass is 10.1. The molecule has 0 atom stereocenters. The fourth-order valence-corrected chi connectivity index (χ4v) is 1.97. The van der Waals surface area contributed by atoms with Crippen molar-refractivity contribution >= 4 is 6.03 Å². The summed E-state index contributed by atoms with van der Waals surface area (Å²) in [5.74, 6) is 0. The van der Waals surface area contributed by atoms with Crippen molar-refractivity contribution in [3.8, 4) is 0 Å². The van der Waals surface area contributed by atoms with Crippen LogP contribution in [0.4, 0.5) is 4.79 Å². The van der Waals surface area contributed by atoms with Crippen LogP contribution in [0.2, 0.25) is 0 Å². The number of benzene rings is 2. The molecule has 2 amide bonds. The van der Waals surface area contributed by atoms with Gasteiger partial charge in [0.15, 0.2) is 0 Å². The van der Waals surface area contributed by atoms with Gasteiger partial charge in [-0.25, -0.2) is 10.3 Å². The van der Waals surface area contributed by atoms with Gasteiger partial charge in [0, 0.05) is 13.7 Å². The molecular weight excluding hydrogens is 280 g/mol. The highest BCUT2D eigenvalue weighted by Crippen LogP contribution is 2.06. The van der Waals surface area contributed by atoms with Crippen LogP contribution < -0.4 is 10.8 Å². The Kier molecular flexibility index (Phi) is 6.41. The van der Waals surface area contributed by atoms with Crippen molar-refractivity contribution in [2.24, 2.45) is 0 Å². The summed E-state index contributed by atoms with van der Waals surface area (Å²) < 4.78 is 5.08. The first-order valence-corrected chi connectivity index (χ1v) is 7.04. The highest BCUT2D eigenvalue weighted by molar-refractivity contribution is 5.72. The molecule has 5 nitrogen and oxygen atoms in total. The summed E-state index contributed by atoms with van der Waals surface area (Å²) in [7, 11) is 1.66. The number of carbonyl (C=O) groups is 1. The molecular formula is C17H20N2O3. The SMILES string of the molecule is COCc1cccc(CNC(=O)NOCc2ccccc2)c1. The molecule has 0 aliphatic heterocycles. The number of nitrogens with one attached hydrogen (secondary N) is 2. The zero-order valence-corrected chi connectivity index (χ0v) is 12.5. The maximum Gasteiger partial charge on any atom is 0.338 e. The van der Waals surface area contributed by atoms with Gasteiger partial charge in [-0.15, -0.1) is 0 Å². The minimum Gasteiger partial charge on any atom is -0.380 e. The van der Waals surface area contributed by atoms with E-state index in [1.165, 1.54) is 0 Å². The van der Waals surface area contributed by atoms with Crippen LogP contribution in [-0.4, -0.2) is 13.1 Å². The maximum atomic E-state index is 11.6. The van der Waals surface area contributed by atoms with Crippen LogP contribution in [0.25, 0.3) is 0 Å². The molecule has 0 unspecified atom stereocenters. The van der Waals surface area contributed by atoms with Crippen molar-refractivity contribution in [3.63, 3.8) is 0 Å². The van der Waals surface area contributed by atoms with Crippen LogP contribution in [0.5, 0.6) is 0 Å². The number of hydrogen-bond acceptors (Lipinski definition) is 3. The molecule has 0 bridgehead atoms. The Labute approximate surface area is 130 Å². The lowest BCUT2D eigenvalue weighted by molar-refractivity contribution is 0.0490. The third-order valence-corrected chi connectivity index (χ3v) is 3.00. The topological polar surface area (TPSA) is 59.6 Å². The highest BCUT2D eigenvalue weighted by atomic mass is 16.7. The Bertz CT molecular complexity index is 587. The molecule has 2 rings (SSSR count). The van der Waals surface area contributed by atoms with E-state index >= 15 is 0 Å². The summed E-state index contributed by atoms with van der Waals surface area (Å²) in [6.45, 7) is 1.32. The van der Waals surface area contributed by atoms with E-state index in [2.05, 4.69) is 10.8 Å². The van der Waals surface area contributed by atoms with E-state index in [4.69, 9.17) is 9.57 Å². The van der Waals surface area contributed by atoms with Crippen molar-refractivity contribution in [1.29, 1.82) is 0 Å². The first kappa shape index (κ1) is 16.0. The van der Waals surface area contributed by atoms with Crippen LogP contribution in [-0.2, 0) is 29.3 Å². The average Bonchev–Trinajstić information content (AvgIpc) is 2.55. The lowest BCUT2D eigenvalue weighted by Crippen LogP contribution is -2.34. The molecule has 2 aromatic carbocycles. The van der Waals surface area contributed by atoms with Crippen molar-refractivity contribution in [1.82, 2.24) is 10.8 Å². The van der Waals surface area contributed by atoms with Gasteiger partial charge in [0.25, 0.3) is 0 Å². The van der Waals surface area contributed by atoms with Crippen LogP contribution in [0.3, 0.4) is 0 Å². The zero-order valence-electron chi connectivity index (χ0n) is 12.5. The Morgan fingerprint density at radius 1 is 0.955 bits per heavy atom. The smallest absolute Gasteiger partial charge is 0.338 e. The molecule has 22 heavy (non-hydrogen) atoms. The third-order valence-electron chi connectivity index (χ3n) is 3.00. The summed E-state index contributed by atoms with van der Waals surface area (Å²) >= 11 is 0. The fourth-order valence-electron chi connectivity index (χ4n) is 1.97. The zero-order chi connectivity index (χ0) is 15.6. The first-order chi connectivity index (χ1) is 10.8. The van der Waals surface area contributed by atoms with E-state index in [0.717, 1.165) is 16.7 Å². The molecule has 0 heterocycles. The summed E-state index contributed by atoms with van der Waals surface area (Å²) in [6, 6.07) is 17.1. The Morgan fingerprint density at radius 3 is 2.45 bits per heavy atom. The molecule has 2 N–H and O–H groups in total. The van der Waals surface area contributed by atoms with Gasteiger partial charge in [0.2, 0.25) is 0 Å². The third kappa shape index (κ3) is 5.55. The predicted octanol–water partition coefficient (Wildman–Crippen LogP) is 2.76. The quantitative estimate of drug-likeness (QED) is 0.773. The number of urea groups is 1. The first-order valence-electron chi connectivity index (χ1n) is 7.04. The van der Waals surface area contributed by atoms with Crippen LogP contribution in [0.15, 0.2) is 54.6 Å². The van der Waals surface area contributed by atoms with E-state index < -0.39 is 0 Å². The molecule has 5 heteroatoms. The normalized spacial score (nSPS) is 10.2. The highest BCUT2D eigenvalue weighted by Gasteiger charge is 2.01. The second-order valence-electron chi connectivity index (χ2n) is 4.81. The predicted molar refractivity (Wildman–Crippen MR) is 83.8 cm³/mol. The maximum absolute atomic E-state index is 11.6. The Morgan fingerprint density at radius 2 is 1.68 bits per heavy atom. The molecule has 0 aliphatic rings. The molecule has 0 spiro atoms. The Balaban J connectivity index is 1.70. The molecule has 0 aromatic heterocycles. The lowest BCUT2D eigenvalue weighted by Gasteiger charge is -2.09. The minimum absolute atomic E-state index is 0.331.